The molecule has 4 aliphatic heterocycles. The van der Waals surface area contributed by atoms with Crippen LogP contribution in [0.25, 0.3) is 0 Å². The highest BCUT2D eigenvalue weighted by Gasteiger charge is 2.58. The summed E-state index contributed by atoms with van der Waals surface area (Å²) in [6.45, 7) is 8.11. The van der Waals surface area contributed by atoms with Gasteiger partial charge >= 0.3 is 6.03 Å². The quantitative estimate of drug-likeness (QED) is 0.771. The predicted molar refractivity (Wildman–Crippen MR) is 69.7 cm³/mol. The van der Waals surface area contributed by atoms with E-state index in [4.69, 9.17) is 5.41 Å². The van der Waals surface area contributed by atoms with Crippen LogP contribution in [0.1, 0.15) is 26.7 Å². The van der Waals surface area contributed by atoms with E-state index in [2.05, 4.69) is 24.1 Å². The van der Waals surface area contributed by atoms with Gasteiger partial charge in [-0.05, 0) is 37.8 Å². The molecule has 1 unspecified atom stereocenters. The maximum atomic E-state index is 12.1. The highest BCUT2D eigenvalue weighted by Crippen LogP contribution is 2.42. The number of hydrogen-bond donors (Lipinski definition) is 2. The summed E-state index contributed by atoms with van der Waals surface area (Å²) in [7, 11) is 0. The molecule has 0 aromatic heterocycles. The molecule has 2 bridgehead atoms. The molecule has 2 amide bonds. The van der Waals surface area contributed by atoms with Gasteiger partial charge in [0.1, 0.15) is 11.4 Å². The van der Waals surface area contributed by atoms with E-state index in [0.29, 0.717) is 17.7 Å². The zero-order chi connectivity index (χ0) is 12.9. The number of nitrogens with zero attached hydrogens (tertiary/aromatic N) is 2. The largest absolute Gasteiger partial charge is 0.323 e. The van der Waals surface area contributed by atoms with Crippen LogP contribution in [-0.2, 0) is 0 Å². The van der Waals surface area contributed by atoms with Gasteiger partial charge in [-0.25, -0.2) is 4.79 Å². The number of fused-ring (bicyclic) bond motifs is 2. The SMILES string of the molecule is CC(C)CN1C(=O)NC(=N)C12CN1CCC2CC1. The van der Waals surface area contributed by atoms with E-state index >= 15 is 0 Å². The summed E-state index contributed by atoms with van der Waals surface area (Å²) < 4.78 is 0. The fourth-order valence-corrected chi connectivity index (χ4v) is 3.84. The van der Waals surface area contributed by atoms with Crippen LogP contribution in [0, 0.1) is 17.2 Å². The van der Waals surface area contributed by atoms with Gasteiger partial charge in [0.2, 0.25) is 0 Å². The Hall–Kier alpha value is -1.10. The van der Waals surface area contributed by atoms with Crippen molar-refractivity contribution in [2.45, 2.75) is 32.2 Å². The van der Waals surface area contributed by atoms with E-state index in [1.54, 1.807) is 0 Å². The van der Waals surface area contributed by atoms with E-state index < -0.39 is 0 Å². The average Bonchev–Trinajstić information content (AvgIpc) is 2.55. The van der Waals surface area contributed by atoms with Crippen LogP contribution in [-0.4, -0.2) is 53.4 Å². The van der Waals surface area contributed by atoms with Crippen LogP contribution in [0.15, 0.2) is 0 Å². The molecular formula is C13H22N4O. The Morgan fingerprint density at radius 3 is 2.61 bits per heavy atom. The second kappa shape index (κ2) is 3.95. The molecule has 4 heterocycles. The summed E-state index contributed by atoms with van der Waals surface area (Å²) in [6.07, 6.45) is 2.23. The van der Waals surface area contributed by atoms with Crippen molar-refractivity contribution in [3.8, 4) is 0 Å². The van der Waals surface area contributed by atoms with Crippen molar-refractivity contribution < 1.29 is 4.79 Å². The summed E-state index contributed by atoms with van der Waals surface area (Å²) in [5.41, 5.74) is -0.349. The summed E-state index contributed by atoms with van der Waals surface area (Å²) in [5, 5.41) is 11.0. The van der Waals surface area contributed by atoms with Gasteiger partial charge in [0.15, 0.2) is 0 Å². The molecule has 100 valence electrons. The Balaban J connectivity index is 1.96. The van der Waals surface area contributed by atoms with Crippen LogP contribution in [0.3, 0.4) is 0 Å². The molecule has 0 aliphatic carbocycles. The molecule has 4 aliphatic rings. The first-order chi connectivity index (χ1) is 8.54. The normalized spacial score (nSPS) is 38.9. The molecular weight excluding hydrogens is 228 g/mol. The molecule has 0 radical (unpaired) electrons. The predicted octanol–water partition coefficient (Wildman–Crippen LogP) is 1.11. The highest BCUT2D eigenvalue weighted by atomic mass is 16.2. The topological polar surface area (TPSA) is 59.4 Å². The minimum Gasteiger partial charge on any atom is -0.310 e. The molecule has 5 heteroatoms. The van der Waals surface area contributed by atoms with E-state index in [1.165, 1.54) is 0 Å². The Morgan fingerprint density at radius 1 is 1.44 bits per heavy atom. The van der Waals surface area contributed by atoms with Gasteiger partial charge in [-0.15, -0.1) is 0 Å². The highest BCUT2D eigenvalue weighted by molar-refractivity contribution is 6.09. The molecule has 1 atom stereocenters. The van der Waals surface area contributed by atoms with Gasteiger partial charge in [0, 0.05) is 13.1 Å². The number of urea groups is 1. The number of amides is 2. The number of rotatable bonds is 2. The van der Waals surface area contributed by atoms with E-state index in [1.807, 2.05) is 4.90 Å². The van der Waals surface area contributed by atoms with Crippen LogP contribution in [0.5, 0.6) is 0 Å². The molecule has 4 rings (SSSR count). The fourth-order valence-electron chi connectivity index (χ4n) is 3.84. The lowest BCUT2D eigenvalue weighted by atomic mass is 9.71. The van der Waals surface area contributed by atoms with Crippen molar-refractivity contribution in [3.05, 3.63) is 0 Å². The van der Waals surface area contributed by atoms with Gasteiger partial charge in [0.05, 0.1) is 0 Å². The Morgan fingerprint density at radius 2 is 2.11 bits per heavy atom. The maximum Gasteiger partial charge on any atom is 0.323 e. The summed E-state index contributed by atoms with van der Waals surface area (Å²) >= 11 is 0. The maximum absolute atomic E-state index is 12.1. The van der Waals surface area contributed by atoms with Crippen molar-refractivity contribution in [3.63, 3.8) is 0 Å². The second-order valence-electron chi connectivity index (χ2n) is 6.28. The first kappa shape index (κ1) is 12.0. The number of hydrogen-bond acceptors (Lipinski definition) is 3. The summed E-state index contributed by atoms with van der Waals surface area (Å²) in [5.74, 6) is 1.34. The molecule has 4 fully saturated rings. The van der Waals surface area contributed by atoms with Crippen LogP contribution < -0.4 is 5.32 Å². The first-order valence-corrected chi connectivity index (χ1v) is 6.94. The third-order valence-electron chi connectivity index (χ3n) is 4.67. The lowest BCUT2D eigenvalue weighted by Crippen LogP contribution is -2.68. The Labute approximate surface area is 108 Å². The van der Waals surface area contributed by atoms with Crippen molar-refractivity contribution in [2.24, 2.45) is 11.8 Å². The summed E-state index contributed by atoms with van der Waals surface area (Å²) in [4.78, 5) is 16.5. The number of carbonyl (C=O) groups is 1. The van der Waals surface area contributed by atoms with Gasteiger partial charge in [-0.2, -0.15) is 0 Å². The first-order valence-electron chi connectivity index (χ1n) is 6.94. The molecule has 0 saturated carbocycles. The third-order valence-corrected chi connectivity index (χ3v) is 4.67. The molecule has 5 nitrogen and oxygen atoms in total. The minimum atomic E-state index is -0.349. The minimum absolute atomic E-state index is 0.0672. The Bertz CT molecular complexity index is 386. The standard InChI is InChI=1S/C13H22N4O/c1-9(2)7-17-12(18)15-11(14)13(17)8-16-5-3-10(13)4-6-16/h9-10H,3-8H2,1-2H3,(H2,14,15,18). The second-order valence-corrected chi connectivity index (χ2v) is 6.28. The van der Waals surface area contributed by atoms with Gasteiger partial charge in [-0.3, -0.25) is 10.7 Å². The molecule has 4 saturated heterocycles. The molecule has 1 spiro atoms. The smallest absolute Gasteiger partial charge is 0.310 e. The van der Waals surface area contributed by atoms with Crippen molar-refractivity contribution in [1.82, 2.24) is 15.1 Å². The number of nitrogens with one attached hydrogen (secondary N) is 2. The number of piperidine rings is 3. The monoisotopic (exact) mass is 250 g/mol. The van der Waals surface area contributed by atoms with E-state index in [9.17, 15) is 4.79 Å². The molecule has 2 N–H and O–H groups in total. The van der Waals surface area contributed by atoms with Crippen LogP contribution in [0.2, 0.25) is 0 Å². The lowest BCUT2D eigenvalue weighted by Gasteiger charge is -2.54. The molecule has 18 heavy (non-hydrogen) atoms. The van der Waals surface area contributed by atoms with Crippen LogP contribution >= 0.6 is 0 Å². The zero-order valence-electron chi connectivity index (χ0n) is 11.2. The van der Waals surface area contributed by atoms with Crippen molar-refractivity contribution in [1.29, 1.82) is 5.41 Å². The lowest BCUT2D eigenvalue weighted by molar-refractivity contribution is -0.00684. The van der Waals surface area contributed by atoms with Gasteiger partial charge < -0.3 is 9.80 Å². The van der Waals surface area contributed by atoms with E-state index in [0.717, 1.165) is 39.0 Å². The number of carbonyl (C=O) groups excluding carboxylic acids is 1. The third kappa shape index (κ3) is 1.49. The van der Waals surface area contributed by atoms with Crippen LogP contribution in [0.4, 0.5) is 4.79 Å². The van der Waals surface area contributed by atoms with Gasteiger partial charge in [-0.1, -0.05) is 13.8 Å². The number of amidine groups is 1. The van der Waals surface area contributed by atoms with Crippen molar-refractivity contribution >= 4 is 11.9 Å². The zero-order valence-corrected chi connectivity index (χ0v) is 11.2. The van der Waals surface area contributed by atoms with Crippen molar-refractivity contribution in [2.75, 3.05) is 26.2 Å². The molecule has 0 aromatic carbocycles. The Kier molecular flexibility index (Phi) is 2.62. The summed E-state index contributed by atoms with van der Waals surface area (Å²) in [6, 6.07) is -0.0672. The molecule has 0 aromatic rings. The van der Waals surface area contributed by atoms with E-state index in [-0.39, 0.29) is 11.6 Å². The fraction of sp³-hybridized carbons (Fsp3) is 0.846. The average molecular weight is 250 g/mol. The van der Waals surface area contributed by atoms with Gasteiger partial charge in [0.25, 0.3) is 0 Å².